The van der Waals surface area contributed by atoms with Crippen molar-refractivity contribution in [3.8, 4) is 11.3 Å². The van der Waals surface area contributed by atoms with Crippen molar-refractivity contribution in [2.75, 3.05) is 36.5 Å². The molecule has 0 radical (unpaired) electrons. The number of hydrogen-bond donors (Lipinski definition) is 2. The van der Waals surface area contributed by atoms with Gasteiger partial charge < -0.3 is 10.2 Å². The monoisotopic (exact) mass is 330 g/mol. The SMILES string of the molecule is CCCNc1nc2c(N3CC(CF)C3)c(-c3cn[nH]c3)ncn2n1. The molecule has 0 aliphatic carbocycles. The molecule has 3 aromatic rings. The molecular weight excluding hydrogens is 311 g/mol. The molecule has 2 N–H and O–H groups in total. The first kappa shape index (κ1) is 14.9. The summed E-state index contributed by atoms with van der Waals surface area (Å²) in [6.07, 6.45) is 6.16. The number of H-pyrrole nitrogens is 1. The lowest BCUT2D eigenvalue weighted by molar-refractivity contribution is 0.306. The number of aromatic amines is 1. The number of anilines is 2. The third-order valence-corrected chi connectivity index (χ3v) is 4.16. The number of nitrogens with one attached hydrogen (secondary N) is 2. The highest BCUT2D eigenvalue weighted by Crippen LogP contribution is 2.36. The predicted molar refractivity (Wildman–Crippen MR) is 88.8 cm³/mol. The van der Waals surface area contributed by atoms with Gasteiger partial charge in [0.15, 0.2) is 5.65 Å². The van der Waals surface area contributed by atoms with Crippen LogP contribution in [0.5, 0.6) is 0 Å². The largest absolute Gasteiger partial charge is 0.366 e. The highest BCUT2D eigenvalue weighted by atomic mass is 19.1. The van der Waals surface area contributed by atoms with Crippen LogP contribution in [0.25, 0.3) is 16.9 Å². The van der Waals surface area contributed by atoms with Crippen LogP contribution in [0.1, 0.15) is 13.3 Å². The summed E-state index contributed by atoms with van der Waals surface area (Å²) in [5.41, 5.74) is 3.25. The lowest BCUT2D eigenvalue weighted by Crippen LogP contribution is -2.48. The first-order valence-electron chi connectivity index (χ1n) is 8.09. The summed E-state index contributed by atoms with van der Waals surface area (Å²) in [7, 11) is 0. The van der Waals surface area contributed by atoms with Gasteiger partial charge >= 0.3 is 0 Å². The second-order valence-corrected chi connectivity index (χ2v) is 5.98. The molecule has 0 amide bonds. The number of alkyl halides is 1. The minimum absolute atomic E-state index is 0.0723. The van der Waals surface area contributed by atoms with Gasteiger partial charge in [-0.1, -0.05) is 6.92 Å². The van der Waals surface area contributed by atoms with Gasteiger partial charge in [0.05, 0.1) is 12.9 Å². The van der Waals surface area contributed by atoms with Crippen molar-refractivity contribution in [3.63, 3.8) is 0 Å². The van der Waals surface area contributed by atoms with E-state index in [1.165, 1.54) is 0 Å². The zero-order valence-electron chi connectivity index (χ0n) is 13.4. The van der Waals surface area contributed by atoms with Crippen LogP contribution in [0.3, 0.4) is 0 Å². The third kappa shape index (κ3) is 2.45. The highest BCUT2D eigenvalue weighted by molar-refractivity contribution is 5.85. The first-order valence-corrected chi connectivity index (χ1v) is 8.09. The fourth-order valence-electron chi connectivity index (χ4n) is 2.89. The number of nitrogens with zero attached hydrogens (tertiary/aromatic N) is 6. The average molecular weight is 330 g/mol. The molecule has 8 nitrogen and oxygen atoms in total. The molecule has 9 heteroatoms. The molecule has 1 aliphatic rings. The van der Waals surface area contributed by atoms with Gasteiger partial charge in [-0.25, -0.2) is 4.98 Å². The Balaban J connectivity index is 1.79. The van der Waals surface area contributed by atoms with Gasteiger partial charge in [0, 0.05) is 37.3 Å². The Morgan fingerprint density at radius 2 is 2.29 bits per heavy atom. The Hall–Kier alpha value is -2.71. The van der Waals surface area contributed by atoms with Gasteiger partial charge in [-0.2, -0.15) is 14.6 Å². The number of aromatic nitrogens is 6. The Morgan fingerprint density at radius 3 is 3.00 bits per heavy atom. The van der Waals surface area contributed by atoms with Gasteiger partial charge in [-0.15, -0.1) is 5.10 Å². The number of rotatable bonds is 6. The van der Waals surface area contributed by atoms with Crippen molar-refractivity contribution >= 4 is 17.3 Å². The molecule has 24 heavy (non-hydrogen) atoms. The Bertz CT molecular complexity index is 821. The lowest BCUT2D eigenvalue weighted by Gasteiger charge is -2.40. The van der Waals surface area contributed by atoms with Gasteiger partial charge in [-0.3, -0.25) is 9.49 Å². The molecule has 0 aromatic carbocycles. The zero-order chi connectivity index (χ0) is 16.5. The van der Waals surface area contributed by atoms with Crippen LogP contribution in [-0.2, 0) is 0 Å². The second kappa shape index (κ2) is 6.06. The van der Waals surface area contributed by atoms with Gasteiger partial charge in [0.25, 0.3) is 0 Å². The van der Waals surface area contributed by atoms with Gasteiger partial charge in [0.1, 0.15) is 17.7 Å². The molecule has 1 saturated heterocycles. The second-order valence-electron chi connectivity index (χ2n) is 5.98. The van der Waals surface area contributed by atoms with Crippen molar-refractivity contribution in [3.05, 3.63) is 18.7 Å². The molecule has 1 aliphatic heterocycles. The first-order chi connectivity index (χ1) is 11.8. The van der Waals surface area contributed by atoms with E-state index in [1.807, 2.05) is 0 Å². The van der Waals surface area contributed by atoms with Crippen molar-refractivity contribution in [1.29, 1.82) is 0 Å². The van der Waals surface area contributed by atoms with Crippen LogP contribution >= 0.6 is 0 Å². The van der Waals surface area contributed by atoms with E-state index >= 15 is 0 Å². The number of halogens is 1. The Morgan fingerprint density at radius 1 is 1.42 bits per heavy atom. The maximum absolute atomic E-state index is 12.9. The maximum Gasteiger partial charge on any atom is 0.243 e. The fourth-order valence-corrected chi connectivity index (χ4v) is 2.89. The minimum Gasteiger partial charge on any atom is -0.366 e. The minimum atomic E-state index is -0.302. The topological polar surface area (TPSA) is 87.0 Å². The van der Waals surface area contributed by atoms with Crippen LogP contribution in [-0.4, -0.2) is 56.1 Å². The Kier molecular flexibility index (Phi) is 3.75. The standard InChI is InChI=1S/C15H19FN8/c1-2-3-17-15-21-14-13(23-7-10(4-16)8-23)12(11-5-19-20-6-11)18-9-24(14)22-15/h5-6,9-10H,2-4,7-8H2,1H3,(H,17,22)(H,19,20). The lowest BCUT2D eigenvalue weighted by atomic mass is 10.00. The smallest absolute Gasteiger partial charge is 0.243 e. The van der Waals surface area contributed by atoms with E-state index < -0.39 is 0 Å². The molecule has 0 atom stereocenters. The van der Waals surface area contributed by atoms with Crippen LogP contribution in [0, 0.1) is 5.92 Å². The summed E-state index contributed by atoms with van der Waals surface area (Å²) in [4.78, 5) is 11.2. The van der Waals surface area contributed by atoms with E-state index in [0.29, 0.717) is 19.0 Å². The van der Waals surface area contributed by atoms with E-state index in [1.54, 1.807) is 23.2 Å². The average Bonchev–Trinajstić information content (AvgIpc) is 3.21. The van der Waals surface area contributed by atoms with Crippen LogP contribution < -0.4 is 10.2 Å². The molecule has 1 fully saturated rings. The zero-order valence-corrected chi connectivity index (χ0v) is 13.4. The van der Waals surface area contributed by atoms with Crippen LogP contribution in [0.2, 0.25) is 0 Å². The van der Waals surface area contributed by atoms with Crippen molar-refractivity contribution in [2.24, 2.45) is 5.92 Å². The maximum atomic E-state index is 12.9. The number of hydrogen-bond acceptors (Lipinski definition) is 6. The molecule has 0 bridgehead atoms. The third-order valence-electron chi connectivity index (χ3n) is 4.16. The molecule has 3 aromatic heterocycles. The van der Waals surface area contributed by atoms with Crippen molar-refractivity contribution in [2.45, 2.75) is 13.3 Å². The summed E-state index contributed by atoms with van der Waals surface area (Å²) in [5, 5.41) is 14.4. The molecule has 126 valence electrons. The molecular formula is C15H19FN8. The summed E-state index contributed by atoms with van der Waals surface area (Å²) < 4.78 is 14.5. The van der Waals surface area contributed by atoms with Crippen LogP contribution in [0.15, 0.2) is 18.7 Å². The van der Waals surface area contributed by atoms with E-state index in [-0.39, 0.29) is 12.6 Å². The summed E-state index contributed by atoms with van der Waals surface area (Å²) in [5.74, 6) is 0.648. The fraction of sp³-hybridized carbons (Fsp3) is 0.467. The van der Waals surface area contributed by atoms with E-state index in [9.17, 15) is 4.39 Å². The quantitative estimate of drug-likeness (QED) is 0.716. The van der Waals surface area contributed by atoms with E-state index in [2.05, 4.69) is 42.4 Å². The number of fused-ring (bicyclic) bond motifs is 1. The summed E-state index contributed by atoms with van der Waals surface area (Å²) >= 11 is 0. The van der Waals surface area contributed by atoms with E-state index in [0.717, 1.165) is 35.6 Å². The molecule has 4 rings (SSSR count). The predicted octanol–water partition coefficient (Wildman–Crippen LogP) is 1.74. The van der Waals surface area contributed by atoms with E-state index in [4.69, 9.17) is 0 Å². The normalized spacial score (nSPS) is 15.0. The molecule has 0 saturated carbocycles. The molecule has 0 spiro atoms. The van der Waals surface area contributed by atoms with Gasteiger partial charge in [0.2, 0.25) is 5.95 Å². The molecule has 0 unspecified atom stereocenters. The highest BCUT2D eigenvalue weighted by Gasteiger charge is 2.31. The van der Waals surface area contributed by atoms with Crippen molar-refractivity contribution < 1.29 is 4.39 Å². The summed E-state index contributed by atoms with van der Waals surface area (Å²) in [6.45, 7) is 3.91. The van der Waals surface area contributed by atoms with Crippen molar-refractivity contribution in [1.82, 2.24) is 29.8 Å². The van der Waals surface area contributed by atoms with Crippen LogP contribution in [0.4, 0.5) is 16.0 Å². The molecule has 4 heterocycles. The van der Waals surface area contributed by atoms with Gasteiger partial charge in [-0.05, 0) is 6.42 Å². The summed E-state index contributed by atoms with van der Waals surface area (Å²) in [6, 6.07) is 0. The Labute approximate surface area is 138 Å².